The molecule has 4 nitrogen and oxygen atoms in total. The zero-order valence-corrected chi connectivity index (χ0v) is 10.2. The standard InChI is InChI=1S/C12H18N2O2/c1-9-7-10(16-4)5-6-11(9)12(15)13-8-14(2)3/h5-7H,8H2,1-4H3,(H,13,15). The van der Waals surface area contributed by atoms with Gasteiger partial charge in [0.05, 0.1) is 13.8 Å². The zero-order valence-electron chi connectivity index (χ0n) is 10.2. The highest BCUT2D eigenvalue weighted by Crippen LogP contribution is 2.16. The Morgan fingerprint density at radius 1 is 1.44 bits per heavy atom. The molecule has 0 unspecified atom stereocenters. The lowest BCUT2D eigenvalue weighted by molar-refractivity contribution is 0.0935. The summed E-state index contributed by atoms with van der Waals surface area (Å²) in [4.78, 5) is 13.7. The molecule has 0 heterocycles. The molecular weight excluding hydrogens is 204 g/mol. The summed E-state index contributed by atoms with van der Waals surface area (Å²) in [5.74, 6) is 0.704. The molecule has 0 spiro atoms. The van der Waals surface area contributed by atoms with Crippen molar-refractivity contribution in [3.63, 3.8) is 0 Å². The van der Waals surface area contributed by atoms with Gasteiger partial charge in [-0.15, -0.1) is 0 Å². The molecule has 4 heteroatoms. The van der Waals surface area contributed by atoms with Gasteiger partial charge >= 0.3 is 0 Å². The van der Waals surface area contributed by atoms with Crippen LogP contribution >= 0.6 is 0 Å². The average Bonchev–Trinajstić information content (AvgIpc) is 2.25. The molecule has 0 aliphatic heterocycles. The predicted octanol–water partition coefficient (Wildman–Crippen LogP) is 1.25. The largest absolute Gasteiger partial charge is 0.497 e. The van der Waals surface area contributed by atoms with Gasteiger partial charge in [0.2, 0.25) is 0 Å². The number of ether oxygens (including phenoxy) is 1. The first-order valence-corrected chi connectivity index (χ1v) is 5.12. The molecular formula is C12H18N2O2. The van der Waals surface area contributed by atoms with Gasteiger partial charge in [0.1, 0.15) is 5.75 Å². The van der Waals surface area contributed by atoms with Crippen molar-refractivity contribution in [1.29, 1.82) is 0 Å². The van der Waals surface area contributed by atoms with Crippen LogP contribution in [0.4, 0.5) is 0 Å². The molecule has 88 valence electrons. The number of carbonyl (C=O) groups excluding carboxylic acids is 1. The second-order valence-electron chi connectivity index (χ2n) is 3.92. The first-order valence-electron chi connectivity index (χ1n) is 5.12. The molecule has 16 heavy (non-hydrogen) atoms. The zero-order chi connectivity index (χ0) is 12.1. The molecule has 0 bridgehead atoms. The van der Waals surface area contributed by atoms with E-state index in [1.165, 1.54) is 0 Å². The Balaban J connectivity index is 2.76. The second-order valence-corrected chi connectivity index (χ2v) is 3.92. The van der Waals surface area contributed by atoms with Crippen LogP contribution in [0.1, 0.15) is 15.9 Å². The van der Waals surface area contributed by atoms with Crippen molar-refractivity contribution in [2.24, 2.45) is 0 Å². The molecule has 1 aromatic rings. The highest BCUT2D eigenvalue weighted by Gasteiger charge is 2.09. The number of carbonyl (C=O) groups is 1. The first-order chi connectivity index (χ1) is 7.54. The number of hydrogen-bond acceptors (Lipinski definition) is 3. The number of methoxy groups -OCH3 is 1. The number of benzene rings is 1. The Morgan fingerprint density at radius 3 is 2.62 bits per heavy atom. The van der Waals surface area contributed by atoms with E-state index < -0.39 is 0 Å². The van der Waals surface area contributed by atoms with E-state index in [-0.39, 0.29) is 5.91 Å². The van der Waals surface area contributed by atoms with Gasteiger partial charge in [0.25, 0.3) is 5.91 Å². The van der Waals surface area contributed by atoms with E-state index in [1.807, 2.05) is 32.0 Å². The minimum atomic E-state index is -0.0612. The minimum absolute atomic E-state index is 0.0612. The van der Waals surface area contributed by atoms with Crippen molar-refractivity contribution >= 4 is 5.91 Å². The van der Waals surface area contributed by atoms with E-state index >= 15 is 0 Å². The first kappa shape index (κ1) is 12.5. The van der Waals surface area contributed by atoms with Crippen molar-refractivity contribution in [1.82, 2.24) is 10.2 Å². The molecule has 0 aromatic heterocycles. The number of amides is 1. The third kappa shape index (κ3) is 3.24. The maximum atomic E-state index is 11.8. The van der Waals surface area contributed by atoms with Gasteiger partial charge in [0.15, 0.2) is 0 Å². The maximum Gasteiger partial charge on any atom is 0.252 e. The molecule has 1 aromatic carbocycles. The third-order valence-electron chi connectivity index (χ3n) is 2.23. The number of rotatable bonds is 4. The van der Waals surface area contributed by atoms with Crippen LogP contribution in [0, 0.1) is 6.92 Å². The highest BCUT2D eigenvalue weighted by atomic mass is 16.5. The van der Waals surface area contributed by atoms with Crippen molar-refractivity contribution in [2.75, 3.05) is 27.9 Å². The van der Waals surface area contributed by atoms with E-state index in [1.54, 1.807) is 19.2 Å². The maximum absolute atomic E-state index is 11.8. The molecule has 0 radical (unpaired) electrons. The van der Waals surface area contributed by atoms with Crippen molar-refractivity contribution in [3.05, 3.63) is 29.3 Å². The summed E-state index contributed by atoms with van der Waals surface area (Å²) in [6, 6.07) is 5.42. The highest BCUT2D eigenvalue weighted by molar-refractivity contribution is 5.95. The Morgan fingerprint density at radius 2 is 2.12 bits per heavy atom. The fraction of sp³-hybridized carbons (Fsp3) is 0.417. The van der Waals surface area contributed by atoms with E-state index in [0.29, 0.717) is 12.2 Å². The molecule has 1 rings (SSSR count). The van der Waals surface area contributed by atoms with Crippen LogP contribution in [-0.4, -0.2) is 38.7 Å². The molecule has 0 aliphatic rings. The van der Waals surface area contributed by atoms with E-state index in [4.69, 9.17) is 4.74 Å². The molecule has 0 saturated carbocycles. The van der Waals surface area contributed by atoms with Gasteiger partial charge in [-0.25, -0.2) is 0 Å². The number of aryl methyl sites for hydroxylation is 1. The molecule has 0 aliphatic carbocycles. The molecule has 0 atom stereocenters. The second kappa shape index (κ2) is 5.51. The number of nitrogens with zero attached hydrogens (tertiary/aromatic N) is 1. The SMILES string of the molecule is COc1ccc(C(=O)NCN(C)C)c(C)c1. The Bertz CT molecular complexity index is 375. The van der Waals surface area contributed by atoms with E-state index in [9.17, 15) is 4.79 Å². The smallest absolute Gasteiger partial charge is 0.252 e. The average molecular weight is 222 g/mol. The lowest BCUT2D eigenvalue weighted by Crippen LogP contribution is -2.33. The summed E-state index contributed by atoms with van der Waals surface area (Å²) in [6.45, 7) is 2.43. The van der Waals surface area contributed by atoms with Gasteiger partial charge in [0, 0.05) is 5.56 Å². The van der Waals surface area contributed by atoms with Crippen molar-refractivity contribution < 1.29 is 9.53 Å². The normalized spacial score (nSPS) is 10.3. The monoisotopic (exact) mass is 222 g/mol. The van der Waals surface area contributed by atoms with Crippen LogP contribution in [0.2, 0.25) is 0 Å². The lowest BCUT2D eigenvalue weighted by atomic mass is 10.1. The number of nitrogens with one attached hydrogen (secondary N) is 1. The van der Waals surface area contributed by atoms with Gasteiger partial charge in [-0.05, 0) is 44.8 Å². The third-order valence-corrected chi connectivity index (χ3v) is 2.23. The summed E-state index contributed by atoms with van der Waals surface area (Å²) in [6.07, 6.45) is 0. The molecule has 0 fully saturated rings. The Labute approximate surface area is 96.2 Å². The summed E-state index contributed by atoms with van der Waals surface area (Å²) in [7, 11) is 5.42. The Hall–Kier alpha value is -1.55. The van der Waals surface area contributed by atoms with Gasteiger partial charge < -0.3 is 10.1 Å². The van der Waals surface area contributed by atoms with E-state index in [0.717, 1.165) is 11.3 Å². The molecule has 1 N–H and O–H groups in total. The van der Waals surface area contributed by atoms with Gasteiger partial charge in [-0.2, -0.15) is 0 Å². The van der Waals surface area contributed by atoms with Crippen LogP contribution in [-0.2, 0) is 0 Å². The quantitative estimate of drug-likeness (QED) is 0.780. The predicted molar refractivity (Wildman–Crippen MR) is 63.8 cm³/mol. The summed E-state index contributed by atoms with van der Waals surface area (Å²) < 4.78 is 5.09. The molecule has 1 amide bonds. The van der Waals surface area contributed by atoms with Crippen molar-refractivity contribution in [2.45, 2.75) is 6.92 Å². The van der Waals surface area contributed by atoms with Gasteiger partial charge in [-0.1, -0.05) is 0 Å². The topological polar surface area (TPSA) is 41.6 Å². The van der Waals surface area contributed by atoms with Gasteiger partial charge in [-0.3, -0.25) is 9.69 Å². The Kier molecular flexibility index (Phi) is 4.31. The van der Waals surface area contributed by atoms with Crippen LogP contribution in [0.25, 0.3) is 0 Å². The van der Waals surface area contributed by atoms with E-state index in [2.05, 4.69) is 5.32 Å². The van der Waals surface area contributed by atoms with Crippen LogP contribution in [0.3, 0.4) is 0 Å². The van der Waals surface area contributed by atoms with Crippen molar-refractivity contribution in [3.8, 4) is 5.75 Å². The van der Waals surface area contributed by atoms with Crippen LogP contribution in [0.15, 0.2) is 18.2 Å². The number of hydrogen-bond donors (Lipinski definition) is 1. The lowest BCUT2D eigenvalue weighted by Gasteiger charge is -2.12. The fourth-order valence-electron chi connectivity index (χ4n) is 1.34. The summed E-state index contributed by atoms with van der Waals surface area (Å²) >= 11 is 0. The summed E-state index contributed by atoms with van der Waals surface area (Å²) in [5.41, 5.74) is 1.60. The fourth-order valence-corrected chi connectivity index (χ4v) is 1.34. The van der Waals surface area contributed by atoms with Crippen LogP contribution in [0.5, 0.6) is 5.75 Å². The molecule has 0 saturated heterocycles. The minimum Gasteiger partial charge on any atom is -0.497 e. The summed E-state index contributed by atoms with van der Waals surface area (Å²) in [5, 5.41) is 2.82. The van der Waals surface area contributed by atoms with Crippen LogP contribution < -0.4 is 10.1 Å².